The van der Waals surface area contributed by atoms with E-state index >= 15 is 0 Å². The van der Waals surface area contributed by atoms with E-state index in [1.807, 2.05) is 0 Å². The molecule has 9 nitrogen and oxygen atoms in total. The van der Waals surface area contributed by atoms with Crippen LogP contribution in [0.2, 0.25) is 0 Å². The highest BCUT2D eigenvalue weighted by Crippen LogP contribution is 2.22. The summed E-state index contributed by atoms with van der Waals surface area (Å²) in [6.07, 6.45) is 37.7. The van der Waals surface area contributed by atoms with Crippen LogP contribution in [0.1, 0.15) is 234 Å². The minimum absolute atomic E-state index is 0.0184. The first-order valence-electron chi connectivity index (χ1n) is 25.5. The van der Waals surface area contributed by atoms with Crippen LogP contribution >= 0.6 is 0 Å². The zero-order chi connectivity index (χ0) is 44.3. The van der Waals surface area contributed by atoms with Gasteiger partial charge in [-0.05, 0) is 70.0 Å². The van der Waals surface area contributed by atoms with E-state index in [0.29, 0.717) is 49.9 Å². The molecule has 60 heavy (non-hydrogen) atoms. The third-order valence-electron chi connectivity index (χ3n) is 12.2. The molecule has 0 radical (unpaired) electrons. The van der Waals surface area contributed by atoms with Crippen LogP contribution in [0.25, 0.3) is 0 Å². The second kappa shape index (κ2) is 43.2. The number of nitrogens with one attached hydrogen (secondary N) is 2. The molecule has 1 aromatic carbocycles. The molecule has 352 valence electrons. The Kier molecular flexibility index (Phi) is 41.5. The summed E-state index contributed by atoms with van der Waals surface area (Å²) in [7, 11) is 1.68. The summed E-state index contributed by atoms with van der Waals surface area (Å²) in [6.45, 7) is 16.9. The zero-order valence-corrected chi connectivity index (χ0v) is 40.3. The molecule has 0 aromatic heterocycles. The van der Waals surface area contributed by atoms with Gasteiger partial charge in [0.05, 0.1) is 13.2 Å². The van der Waals surface area contributed by atoms with Crippen molar-refractivity contribution in [2.75, 3.05) is 57.1 Å². The molecule has 0 spiro atoms. The van der Waals surface area contributed by atoms with Crippen molar-refractivity contribution in [3.8, 4) is 0 Å². The van der Waals surface area contributed by atoms with E-state index in [9.17, 15) is 19.2 Å². The molecule has 0 aliphatic rings. The number of rotatable bonds is 44. The van der Waals surface area contributed by atoms with Crippen LogP contribution in [-0.4, -0.2) is 63.8 Å². The van der Waals surface area contributed by atoms with Crippen molar-refractivity contribution in [1.82, 2.24) is 4.90 Å². The fraction of sp³-hybridized carbons (Fsp3) is 0.882. The molecule has 0 unspecified atom stereocenters. The van der Waals surface area contributed by atoms with Crippen LogP contribution in [0, 0.1) is 11.8 Å². The van der Waals surface area contributed by atoms with E-state index in [0.717, 1.165) is 64.1 Å². The van der Waals surface area contributed by atoms with Gasteiger partial charge in [0, 0.05) is 20.0 Å². The maximum atomic E-state index is 12.3. The molecule has 0 saturated heterocycles. The van der Waals surface area contributed by atoms with Crippen molar-refractivity contribution < 1.29 is 19.1 Å². The Morgan fingerprint density at radius 1 is 0.533 bits per heavy atom. The molecule has 9 heteroatoms. The van der Waals surface area contributed by atoms with E-state index < -0.39 is 10.9 Å². The van der Waals surface area contributed by atoms with Gasteiger partial charge >= 0.3 is 5.97 Å². The van der Waals surface area contributed by atoms with Crippen LogP contribution in [0.5, 0.6) is 0 Å². The van der Waals surface area contributed by atoms with Crippen molar-refractivity contribution in [2.24, 2.45) is 11.8 Å². The van der Waals surface area contributed by atoms with Gasteiger partial charge in [0.25, 0.3) is 17.3 Å². The second-order valence-corrected chi connectivity index (χ2v) is 17.5. The maximum Gasteiger partial charge on any atom is 0.305 e. The van der Waals surface area contributed by atoms with E-state index in [1.54, 1.807) is 7.05 Å². The minimum Gasteiger partial charge on any atom is -0.468 e. The van der Waals surface area contributed by atoms with E-state index in [1.165, 1.54) is 154 Å². The van der Waals surface area contributed by atoms with E-state index in [2.05, 4.69) is 50.2 Å². The van der Waals surface area contributed by atoms with Crippen molar-refractivity contribution in [1.29, 1.82) is 0 Å². The normalized spacial score (nSPS) is 11.3. The molecule has 1 aromatic rings. The van der Waals surface area contributed by atoms with Gasteiger partial charge in [-0.2, -0.15) is 0 Å². The van der Waals surface area contributed by atoms with Gasteiger partial charge in [0.15, 0.2) is 0 Å². The fourth-order valence-corrected chi connectivity index (χ4v) is 8.19. The van der Waals surface area contributed by atoms with Crippen molar-refractivity contribution in [3.05, 3.63) is 20.4 Å². The lowest BCUT2D eigenvalue weighted by molar-refractivity contribution is -0.144. The van der Waals surface area contributed by atoms with Crippen molar-refractivity contribution >= 4 is 23.8 Å². The Labute approximate surface area is 369 Å². The summed E-state index contributed by atoms with van der Waals surface area (Å²) in [6, 6.07) is 0. The van der Waals surface area contributed by atoms with Gasteiger partial charge in [-0.3, -0.25) is 19.2 Å². The number of carbonyl (C=O) groups excluding carboxylic acids is 2. The Bertz CT molecular complexity index is 1150. The standard InChI is InChI=1S/C37H69N3O4.C14H28O2/c1-5-8-11-12-15-20-28-40(30-22-27-39-35-34(38-4)36(42)37(35)43)29-21-16-13-14-19-25-33(41)44-31-26-32(23-17-9-6-2)24-18-10-7-3;1-3-5-7-9-14(10-8-6-4-2)11-12-16-13-15/h32,38-39H,5-31H2,1-4H3;13-14H,3-12H2,1-2H3. The van der Waals surface area contributed by atoms with Crippen molar-refractivity contribution in [2.45, 2.75) is 234 Å². The molecule has 0 fully saturated rings. The first-order chi connectivity index (χ1) is 29.3. The van der Waals surface area contributed by atoms with Crippen LogP contribution in [-0.2, 0) is 19.1 Å². The summed E-state index contributed by atoms with van der Waals surface area (Å²) in [5.74, 6) is 1.45. The first kappa shape index (κ1) is 57.6. The number of nitrogens with zero attached hydrogens (tertiary/aromatic N) is 1. The number of hydrogen-bond donors (Lipinski definition) is 2. The van der Waals surface area contributed by atoms with Crippen LogP contribution in [0.3, 0.4) is 0 Å². The molecule has 0 saturated carbocycles. The van der Waals surface area contributed by atoms with Crippen LogP contribution in [0.15, 0.2) is 9.59 Å². The SMILES string of the molecule is CCCCCC(CCCCC)CCOC=O.CCCCCCCCN(CCCCCCCC(=O)OCCC(CCCCC)CCCCC)CCCNc1c(NC)c(=O)c1=O. The van der Waals surface area contributed by atoms with Gasteiger partial charge in [-0.25, -0.2) is 0 Å². The predicted molar refractivity (Wildman–Crippen MR) is 257 cm³/mol. The molecular formula is C51H97N3O6. The molecule has 0 aliphatic heterocycles. The summed E-state index contributed by atoms with van der Waals surface area (Å²) in [4.78, 5) is 48.3. The lowest BCUT2D eigenvalue weighted by atomic mass is 9.92. The Balaban J connectivity index is 0.00000182. The predicted octanol–water partition coefficient (Wildman–Crippen LogP) is 13.2. The number of hydrogen-bond acceptors (Lipinski definition) is 9. The quantitative estimate of drug-likeness (QED) is 0.0287. The van der Waals surface area contributed by atoms with Gasteiger partial charge in [-0.15, -0.1) is 0 Å². The van der Waals surface area contributed by atoms with E-state index in [-0.39, 0.29) is 5.97 Å². The zero-order valence-electron chi connectivity index (χ0n) is 40.3. The topological polar surface area (TPSA) is 114 Å². The average molecular weight is 848 g/mol. The van der Waals surface area contributed by atoms with Gasteiger partial charge < -0.3 is 25.0 Å². The number of unbranched alkanes of at least 4 members (excludes halogenated alkanes) is 17. The highest BCUT2D eigenvalue weighted by molar-refractivity contribution is 5.73. The number of anilines is 2. The molecule has 0 aliphatic carbocycles. The highest BCUT2D eigenvalue weighted by atomic mass is 16.5. The minimum atomic E-state index is -0.420. The monoisotopic (exact) mass is 848 g/mol. The van der Waals surface area contributed by atoms with Crippen LogP contribution < -0.4 is 21.5 Å². The average Bonchev–Trinajstić information content (AvgIpc) is 3.25. The number of esters is 1. The number of ether oxygens (including phenoxy) is 2. The largest absolute Gasteiger partial charge is 0.468 e. The van der Waals surface area contributed by atoms with Gasteiger partial charge in [0.2, 0.25) is 0 Å². The van der Waals surface area contributed by atoms with Crippen LogP contribution in [0.4, 0.5) is 11.4 Å². The summed E-state index contributed by atoms with van der Waals surface area (Å²) >= 11 is 0. The smallest absolute Gasteiger partial charge is 0.305 e. The lowest BCUT2D eigenvalue weighted by Gasteiger charge is -2.23. The Morgan fingerprint density at radius 3 is 1.43 bits per heavy atom. The maximum absolute atomic E-state index is 12.3. The van der Waals surface area contributed by atoms with Crippen molar-refractivity contribution in [3.63, 3.8) is 0 Å². The lowest BCUT2D eigenvalue weighted by Crippen LogP contribution is -2.37. The Hall–Kier alpha value is -2.42. The van der Waals surface area contributed by atoms with E-state index in [4.69, 9.17) is 9.47 Å². The summed E-state index contributed by atoms with van der Waals surface area (Å²) in [5, 5.41) is 5.99. The molecular weight excluding hydrogens is 751 g/mol. The molecule has 2 N–H and O–H groups in total. The fourth-order valence-electron chi connectivity index (χ4n) is 8.19. The van der Waals surface area contributed by atoms with Gasteiger partial charge in [-0.1, -0.05) is 189 Å². The van der Waals surface area contributed by atoms with Gasteiger partial charge in [0.1, 0.15) is 11.4 Å². The second-order valence-electron chi connectivity index (χ2n) is 17.5. The Morgan fingerprint density at radius 2 is 0.950 bits per heavy atom. The summed E-state index contributed by atoms with van der Waals surface area (Å²) < 4.78 is 10.4. The third-order valence-corrected chi connectivity index (χ3v) is 12.2. The molecule has 0 atom stereocenters. The molecule has 0 bridgehead atoms. The summed E-state index contributed by atoms with van der Waals surface area (Å²) in [5.41, 5.74) is 0.0289. The molecule has 0 amide bonds. The molecule has 1 rings (SSSR count). The first-order valence-corrected chi connectivity index (χ1v) is 25.5. The molecule has 0 heterocycles. The third kappa shape index (κ3) is 32.3. The highest BCUT2D eigenvalue weighted by Gasteiger charge is 2.19. The number of carbonyl (C=O) groups is 2.